The van der Waals surface area contributed by atoms with Crippen LogP contribution in [0.5, 0.6) is 0 Å². The van der Waals surface area contributed by atoms with Gasteiger partial charge in [0.15, 0.2) is 0 Å². The quantitative estimate of drug-likeness (QED) is 0.266. The number of rotatable bonds is 14. The Morgan fingerprint density at radius 1 is 0.750 bits per heavy atom. The number of carbonyl (C=O) groups excluding carboxylic acids is 1. The van der Waals surface area contributed by atoms with E-state index < -0.39 is 0 Å². The lowest BCUT2D eigenvalue weighted by Crippen LogP contribution is -1.88. The van der Waals surface area contributed by atoms with Crippen LogP contribution in [0.15, 0.2) is 24.3 Å². The van der Waals surface area contributed by atoms with Gasteiger partial charge in [-0.15, -0.1) is 0 Å². The second-order valence-corrected chi connectivity index (χ2v) is 5.71. The summed E-state index contributed by atoms with van der Waals surface area (Å²) in [6.45, 7) is 3.94. The van der Waals surface area contributed by atoms with E-state index in [4.69, 9.17) is 0 Å². The van der Waals surface area contributed by atoms with E-state index in [1.165, 1.54) is 64.2 Å². The summed E-state index contributed by atoms with van der Waals surface area (Å²) in [5.74, 6) is 0.324. The summed E-state index contributed by atoms with van der Waals surface area (Å²) in [5.41, 5.74) is 0. The summed E-state index contributed by atoms with van der Waals surface area (Å²) in [5, 5.41) is 0. The fourth-order valence-electron chi connectivity index (χ4n) is 2.21. The van der Waals surface area contributed by atoms with Crippen molar-refractivity contribution >= 4 is 5.78 Å². The van der Waals surface area contributed by atoms with Crippen LogP contribution in [0.3, 0.4) is 0 Å². The normalized spacial score (nSPS) is 11.7. The molecule has 0 fully saturated rings. The highest BCUT2D eigenvalue weighted by atomic mass is 16.1. The maximum atomic E-state index is 10.8. The van der Waals surface area contributed by atoms with Gasteiger partial charge >= 0.3 is 0 Å². The lowest BCUT2D eigenvalue weighted by Gasteiger charge is -1.97. The number of carbonyl (C=O) groups is 1. The molecule has 0 rings (SSSR count). The molecule has 20 heavy (non-hydrogen) atoms. The van der Waals surface area contributed by atoms with Gasteiger partial charge < -0.3 is 4.79 Å². The predicted octanol–water partition coefficient (Wildman–Crippen LogP) is 6.39. The third-order valence-corrected chi connectivity index (χ3v) is 3.51. The molecule has 0 aromatic rings. The van der Waals surface area contributed by atoms with Crippen molar-refractivity contribution in [2.75, 3.05) is 0 Å². The van der Waals surface area contributed by atoms with Crippen molar-refractivity contribution in [1.29, 1.82) is 0 Å². The molecule has 0 N–H and O–H groups in total. The first-order valence-electron chi connectivity index (χ1n) is 8.58. The third kappa shape index (κ3) is 17.2. The highest BCUT2D eigenvalue weighted by Gasteiger charge is 1.92. The Kier molecular flexibility index (Phi) is 15.5. The van der Waals surface area contributed by atoms with Gasteiger partial charge in [-0.1, -0.05) is 69.8 Å². The number of hydrogen-bond acceptors (Lipinski definition) is 1. The van der Waals surface area contributed by atoms with Crippen LogP contribution in [0.4, 0.5) is 0 Å². The zero-order valence-corrected chi connectivity index (χ0v) is 13.7. The van der Waals surface area contributed by atoms with Crippen molar-refractivity contribution in [1.82, 2.24) is 0 Å². The van der Waals surface area contributed by atoms with Crippen LogP contribution < -0.4 is 0 Å². The number of ketones is 1. The minimum atomic E-state index is 0.324. The van der Waals surface area contributed by atoms with Gasteiger partial charge in [0.2, 0.25) is 0 Å². The molecule has 0 saturated heterocycles. The molecule has 0 aliphatic carbocycles. The van der Waals surface area contributed by atoms with E-state index >= 15 is 0 Å². The Balaban J connectivity index is 3.20. The second kappa shape index (κ2) is 16.2. The molecule has 0 aliphatic heterocycles. The number of unbranched alkanes of at least 4 members (excludes halogenated alkanes) is 9. The Bertz CT molecular complexity index is 263. The molecule has 0 heterocycles. The van der Waals surface area contributed by atoms with Crippen LogP contribution in [0, 0.1) is 0 Å². The maximum absolute atomic E-state index is 10.8. The first kappa shape index (κ1) is 19.1. The zero-order chi connectivity index (χ0) is 14.9. The summed E-state index contributed by atoms with van der Waals surface area (Å²) >= 11 is 0. The lowest BCUT2D eigenvalue weighted by atomic mass is 10.1. The van der Waals surface area contributed by atoms with E-state index in [0.717, 1.165) is 12.8 Å². The first-order valence-corrected chi connectivity index (χ1v) is 8.58. The molecule has 0 unspecified atom stereocenters. The summed E-state index contributed by atoms with van der Waals surface area (Å²) in [6.07, 6.45) is 23.6. The molecule has 0 atom stereocenters. The second-order valence-electron chi connectivity index (χ2n) is 5.71. The highest BCUT2D eigenvalue weighted by Crippen LogP contribution is 2.07. The maximum Gasteiger partial charge on any atom is 0.129 e. The Morgan fingerprint density at radius 2 is 1.25 bits per heavy atom. The molecule has 0 bridgehead atoms. The number of hydrogen-bond donors (Lipinski definition) is 0. The Labute approximate surface area is 126 Å². The molecule has 0 aromatic carbocycles. The van der Waals surface area contributed by atoms with Gasteiger partial charge in [-0.2, -0.15) is 0 Å². The molecule has 0 amide bonds. The average Bonchev–Trinajstić information content (AvgIpc) is 2.43. The molecular formula is C19H34O. The number of allylic oxidation sites excluding steroid dienone is 4. The average molecular weight is 278 g/mol. The lowest BCUT2D eigenvalue weighted by molar-refractivity contribution is -0.117. The summed E-state index contributed by atoms with van der Waals surface area (Å²) in [7, 11) is 0. The smallest absolute Gasteiger partial charge is 0.129 e. The molecule has 1 nitrogen and oxygen atoms in total. The van der Waals surface area contributed by atoms with Crippen molar-refractivity contribution in [3.8, 4) is 0 Å². The minimum Gasteiger partial charge on any atom is -0.300 e. The zero-order valence-electron chi connectivity index (χ0n) is 13.7. The standard InChI is InChI=1S/C19H34O/c1-3-4-5-6-7-8-9-10-11-12-13-14-15-16-17-18-19(2)20/h9-12H,3-8,13-18H2,1-2H3. The van der Waals surface area contributed by atoms with E-state index in [9.17, 15) is 4.79 Å². The molecule has 116 valence electrons. The van der Waals surface area contributed by atoms with E-state index in [2.05, 4.69) is 31.2 Å². The van der Waals surface area contributed by atoms with Gasteiger partial charge in [0.1, 0.15) is 5.78 Å². The largest absolute Gasteiger partial charge is 0.300 e. The molecule has 1 heteroatoms. The van der Waals surface area contributed by atoms with Crippen molar-refractivity contribution in [2.45, 2.75) is 90.9 Å². The topological polar surface area (TPSA) is 17.1 Å². The molecular weight excluding hydrogens is 244 g/mol. The molecule has 0 spiro atoms. The van der Waals surface area contributed by atoms with Gasteiger partial charge in [0, 0.05) is 6.42 Å². The van der Waals surface area contributed by atoms with Crippen molar-refractivity contribution in [2.24, 2.45) is 0 Å². The molecule has 0 aromatic heterocycles. The summed E-state index contributed by atoms with van der Waals surface area (Å²) < 4.78 is 0. The van der Waals surface area contributed by atoms with E-state index in [1.807, 2.05) is 0 Å². The van der Waals surface area contributed by atoms with E-state index in [0.29, 0.717) is 5.78 Å². The van der Waals surface area contributed by atoms with Crippen LogP contribution in [0.25, 0.3) is 0 Å². The van der Waals surface area contributed by atoms with E-state index in [-0.39, 0.29) is 0 Å². The van der Waals surface area contributed by atoms with Crippen LogP contribution in [0.1, 0.15) is 90.9 Å². The first-order chi connectivity index (χ1) is 9.77. The van der Waals surface area contributed by atoms with Gasteiger partial charge in [-0.25, -0.2) is 0 Å². The summed E-state index contributed by atoms with van der Waals surface area (Å²) in [6, 6.07) is 0. The number of Topliss-reactive ketones (excluding diaryl/α,β-unsaturated/α-hetero) is 1. The SMILES string of the molecule is CCCCCCCC=CC=CCCCCCCC(C)=O. The molecule has 0 aliphatic rings. The summed E-state index contributed by atoms with van der Waals surface area (Å²) in [4.78, 5) is 10.8. The van der Waals surface area contributed by atoms with Crippen molar-refractivity contribution in [3.05, 3.63) is 24.3 Å². The molecule has 0 radical (unpaired) electrons. The third-order valence-electron chi connectivity index (χ3n) is 3.51. The van der Waals surface area contributed by atoms with Crippen molar-refractivity contribution < 1.29 is 4.79 Å². The monoisotopic (exact) mass is 278 g/mol. The van der Waals surface area contributed by atoms with Gasteiger partial charge in [0.25, 0.3) is 0 Å². The van der Waals surface area contributed by atoms with Gasteiger partial charge in [0.05, 0.1) is 0 Å². The predicted molar refractivity (Wildman–Crippen MR) is 90.0 cm³/mol. The van der Waals surface area contributed by atoms with Crippen LogP contribution in [-0.2, 0) is 4.79 Å². The van der Waals surface area contributed by atoms with Gasteiger partial charge in [-0.05, 0) is 39.0 Å². The minimum absolute atomic E-state index is 0.324. The fourth-order valence-corrected chi connectivity index (χ4v) is 2.21. The Morgan fingerprint density at radius 3 is 1.75 bits per heavy atom. The van der Waals surface area contributed by atoms with E-state index in [1.54, 1.807) is 6.92 Å². The van der Waals surface area contributed by atoms with Crippen LogP contribution >= 0.6 is 0 Å². The molecule has 0 saturated carbocycles. The Hall–Kier alpha value is -0.850. The fraction of sp³-hybridized carbons (Fsp3) is 0.737. The van der Waals surface area contributed by atoms with Gasteiger partial charge in [-0.3, -0.25) is 0 Å². The highest BCUT2D eigenvalue weighted by molar-refractivity contribution is 5.75. The van der Waals surface area contributed by atoms with Crippen LogP contribution in [-0.4, -0.2) is 5.78 Å². The van der Waals surface area contributed by atoms with Crippen molar-refractivity contribution in [3.63, 3.8) is 0 Å². The van der Waals surface area contributed by atoms with Crippen LogP contribution in [0.2, 0.25) is 0 Å².